The van der Waals surface area contributed by atoms with Crippen LogP contribution in [0.25, 0.3) is 0 Å². The van der Waals surface area contributed by atoms with Gasteiger partial charge in [-0.15, -0.1) is 0 Å². The quantitative estimate of drug-likeness (QED) is 0.801. The second-order valence-electron chi connectivity index (χ2n) is 3.11. The Morgan fingerprint density at radius 2 is 2.27 bits per heavy atom. The third-order valence-electron chi connectivity index (χ3n) is 2.07. The Morgan fingerprint density at radius 3 is 2.73 bits per heavy atom. The van der Waals surface area contributed by atoms with Gasteiger partial charge in [0.2, 0.25) is 5.91 Å². The maximum Gasteiger partial charge on any atom is 0.223 e. The molecule has 1 rings (SSSR count). The molecule has 1 atom stereocenters. The van der Waals surface area contributed by atoms with Gasteiger partial charge in [0, 0.05) is 12.1 Å². The number of H-pyrrole nitrogens is 1. The minimum absolute atomic E-state index is 0.0860. The molecule has 4 heteroatoms. The summed E-state index contributed by atoms with van der Waals surface area (Å²) in [6, 6.07) is 1.84. The van der Waals surface area contributed by atoms with Gasteiger partial charge in [0.15, 0.2) is 0 Å². The van der Waals surface area contributed by atoms with Crippen LogP contribution in [0.1, 0.15) is 39.8 Å². The molecule has 0 aliphatic heterocycles. The molecule has 15 heavy (non-hydrogen) atoms. The molecule has 0 aromatic carbocycles. The Kier molecular flexibility index (Phi) is 7.32. The van der Waals surface area contributed by atoms with Gasteiger partial charge in [0.25, 0.3) is 0 Å². The fourth-order valence-corrected chi connectivity index (χ4v) is 0.925. The third kappa shape index (κ3) is 5.20. The number of nitrogens with zero attached hydrogens (tertiary/aromatic N) is 1. The van der Waals surface area contributed by atoms with E-state index in [2.05, 4.69) is 15.5 Å². The van der Waals surface area contributed by atoms with E-state index in [1.807, 2.05) is 33.8 Å². The smallest absolute Gasteiger partial charge is 0.223 e. The molecule has 0 saturated heterocycles. The number of carbonyl (C=O) groups is 1. The van der Waals surface area contributed by atoms with Gasteiger partial charge in [-0.2, -0.15) is 5.10 Å². The first-order chi connectivity index (χ1) is 7.24. The van der Waals surface area contributed by atoms with Crippen molar-refractivity contribution in [2.24, 2.45) is 5.92 Å². The molecule has 0 aliphatic rings. The molecule has 1 heterocycles. The van der Waals surface area contributed by atoms with Crippen molar-refractivity contribution in [3.05, 3.63) is 18.0 Å². The molecular formula is C11H21N3O. The van der Waals surface area contributed by atoms with E-state index in [0.717, 1.165) is 12.1 Å². The first-order valence-electron chi connectivity index (χ1n) is 5.50. The number of hydrogen-bond acceptors (Lipinski definition) is 2. The fourth-order valence-electron chi connectivity index (χ4n) is 0.925. The van der Waals surface area contributed by atoms with E-state index < -0.39 is 0 Å². The molecule has 1 aromatic heterocycles. The van der Waals surface area contributed by atoms with E-state index in [1.165, 1.54) is 0 Å². The summed E-state index contributed by atoms with van der Waals surface area (Å²) in [5.41, 5.74) is 0.927. The molecule has 4 nitrogen and oxygen atoms in total. The van der Waals surface area contributed by atoms with Crippen molar-refractivity contribution in [3.63, 3.8) is 0 Å². The molecule has 86 valence electrons. The van der Waals surface area contributed by atoms with Gasteiger partial charge < -0.3 is 5.32 Å². The Morgan fingerprint density at radius 1 is 1.60 bits per heavy atom. The number of hydrogen-bond donors (Lipinski definition) is 2. The van der Waals surface area contributed by atoms with Crippen molar-refractivity contribution in [3.8, 4) is 0 Å². The number of amides is 1. The molecule has 2 N–H and O–H groups in total. The van der Waals surface area contributed by atoms with Crippen LogP contribution in [0, 0.1) is 5.92 Å². The molecule has 1 amide bonds. The van der Waals surface area contributed by atoms with Gasteiger partial charge in [-0.25, -0.2) is 0 Å². The van der Waals surface area contributed by atoms with Gasteiger partial charge in [0.1, 0.15) is 0 Å². The maximum atomic E-state index is 11.3. The molecule has 0 spiro atoms. The minimum atomic E-state index is 0.0860. The van der Waals surface area contributed by atoms with Crippen LogP contribution in [-0.2, 0) is 11.3 Å². The molecule has 1 unspecified atom stereocenters. The summed E-state index contributed by atoms with van der Waals surface area (Å²) >= 11 is 0. The summed E-state index contributed by atoms with van der Waals surface area (Å²) in [6.45, 7) is 8.45. The van der Waals surface area contributed by atoms with Crippen molar-refractivity contribution in [1.82, 2.24) is 15.5 Å². The highest BCUT2D eigenvalue weighted by molar-refractivity contribution is 5.78. The molecule has 0 fully saturated rings. The lowest BCUT2D eigenvalue weighted by Crippen LogP contribution is -2.28. The Balaban J connectivity index is 0.000000921. The van der Waals surface area contributed by atoms with Crippen molar-refractivity contribution < 1.29 is 4.79 Å². The van der Waals surface area contributed by atoms with Gasteiger partial charge >= 0.3 is 0 Å². The second-order valence-corrected chi connectivity index (χ2v) is 3.11. The van der Waals surface area contributed by atoms with Gasteiger partial charge in [0.05, 0.1) is 12.2 Å². The monoisotopic (exact) mass is 211 g/mol. The molecule has 0 aliphatic carbocycles. The molecule has 0 bridgehead atoms. The summed E-state index contributed by atoms with van der Waals surface area (Å²) in [4.78, 5) is 11.3. The lowest BCUT2D eigenvalue weighted by atomic mass is 10.1. The fraction of sp³-hybridized carbons (Fsp3) is 0.636. The van der Waals surface area contributed by atoms with E-state index in [-0.39, 0.29) is 11.8 Å². The first-order valence-corrected chi connectivity index (χ1v) is 5.50. The van der Waals surface area contributed by atoms with Crippen LogP contribution in [0.4, 0.5) is 0 Å². The number of aromatic nitrogens is 2. The zero-order chi connectivity index (χ0) is 11.7. The average molecular weight is 211 g/mol. The van der Waals surface area contributed by atoms with Crippen LogP contribution < -0.4 is 5.32 Å². The predicted molar refractivity (Wildman–Crippen MR) is 61.2 cm³/mol. The van der Waals surface area contributed by atoms with E-state index in [1.54, 1.807) is 6.20 Å². The lowest BCUT2D eigenvalue weighted by molar-refractivity contribution is -0.124. The van der Waals surface area contributed by atoms with Crippen LogP contribution in [-0.4, -0.2) is 16.1 Å². The minimum Gasteiger partial charge on any atom is -0.350 e. The van der Waals surface area contributed by atoms with Gasteiger partial charge in [-0.05, 0) is 12.5 Å². The molecule has 0 radical (unpaired) electrons. The topological polar surface area (TPSA) is 57.8 Å². The lowest BCUT2D eigenvalue weighted by Gasteiger charge is -2.08. The average Bonchev–Trinajstić information content (AvgIpc) is 2.80. The predicted octanol–water partition coefficient (Wildman–Crippen LogP) is 2.10. The SMILES string of the molecule is CC.CCC(C)C(=O)NCc1ccn[nH]1. The van der Waals surface area contributed by atoms with Gasteiger partial charge in [-0.1, -0.05) is 27.7 Å². The molecule has 1 aromatic rings. The summed E-state index contributed by atoms with van der Waals surface area (Å²) < 4.78 is 0. The highest BCUT2D eigenvalue weighted by Gasteiger charge is 2.09. The molecular weight excluding hydrogens is 190 g/mol. The standard InChI is InChI=1S/C9H15N3O.C2H6/c1-3-7(2)9(13)10-6-8-4-5-11-12-8;1-2/h4-5,7H,3,6H2,1-2H3,(H,10,13)(H,11,12);1-2H3. The van der Waals surface area contributed by atoms with E-state index >= 15 is 0 Å². The summed E-state index contributed by atoms with van der Waals surface area (Å²) in [5.74, 6) is 0.181. The van der Waals surface area contributed by atoms with Crippen molar-refractivity contribution in [2.75, 3.05) is 0 Å². The second kappa shape index (κ2) is 8.03. The van der Waals surface area contributed by atoms with E-state index in [4.69, 9.17) is 0 Å². The summed E-state index contributed by atoms with van der Waals surface area (Å²) in [5, 5.41) is 9.40. The van der Waals surface area contributed by atoms with Crippen LogP contribution in [0.2, 0.25) is 0 Å². The van der Waals surface area contributed by atoms with E-state index in [9.17, 15) is 4.79 Å². The van der Waals surface area contributed by atoms with Crippen LogP contribution in [0.15, 0.2) is 12.3 Å². The van der Waals surface area contributed by atoms with Crippen molar-refractivity contribution in [1.29, 1.82) is 0 Å². The van der Waals surface area contributed by atoms with Gasteiger partial charge in [-0.3, -0.25) is 9.89 Å². The Labute approximate surface area is 91.5 Å². The number of nitrogens with one attached hydrogen (secondary N) is 2. The van der Waals surface area contributed by atoms with Crippen LogP contribution >= 0.6 is 0 Å². The summed E-state index contributed by atoms with van der Waals surface area (Å²) in [7, 11) is 0. The van der Waals surface area contributed by atoms with Crippen molar-refractivity contribution >= 4 is 5.91 Å². The van der Waals surface area contributed by atoms with Crippen LogP contribution in [0.5, 0.6) is 0 Å². The summed E-state index contributed by atoms with van der Waals surface area (Å²) in [6.07, 6.45) is 2.54. The number of carbonyl (C=O) groups excluding carboxylic acids is 1. The highest BCUT2D eigenvalue weighted by Crippen LogP contribution is 2.00. The zero-order valence-electron chi connectivity index (χ0n) is 10.0. The largest absolute Gasteiger partial charge is 0.350 e. The highest BCUT2D eigenvalue weighted by atomic mass is 16.1. The maximum absolute atomic E-state index is 11.3. The Bertz CT molecular complexity index is 257. The Hall–Kier alpha value is -1.32. The van der Waals surface area contributed by atoms with E-state index in [0.29, 0.717) is 6.54 Å². The normalized spacial score (nSPS) is 11.2. The van der Waals surface area contributed by atoms with Crippen molar-refractivity contribution in [2.45, 2.75) is 40.7 Å². The zero-order valence-corrected chi connectivity index (χ0v) is 10.0. The van der Waals surface area contributed by atoms with Crippen LogP contribution in [0.3, 0.4) is 0 Å². The third-order valence-corrected chi connectivity index (χ3v) is 2.07. The number of rotatable bonds is 4. The first kappa shape index (κ1) is 13.7. The number of aromatic amines is 1. The molecule has 0 saturated carbocycles.